The van der Waals surface area contributed by atoms with E-state index in [0.717, 1.165) is 24.6 Å². The molecule has 1 N–H and O–H groups in total. The molecule has 72 valence electrons. The first-order chi connectivity index (χ1) is 5.38. The first-order valence-corrected chi connectivity index (χ1v) is 4.63. The van der Waals surface area contributed by atoms with E-state index in [1.165, 1.54) is 25.7 Å². The van der Waals surface area contributed by atoms with Crippen LogP contribution in [-0.4, -0.2) is 25.8 Å². The van der Waals surface area contributed by atoms with Crippen molar-refractivity contribution in [3.05, 3.63) is 0 Å². The average Bonchev–Trinajstić information content (AvgIpc) is 2.32. The van der Waals surface area contributed by atoms with Gasteiger partial charge in [-0.2, -0.15) is 0 Å². The van der Waals surface area contributed by atoms with Crippen molar-refractivity contribution in [3.8, 4) is 0 Å². The first kappa shape index (κ1) is 10.3. The molecule has 2 heterocycles. The molecule has 0 aliphatic carbocycles. The normalized spacial score (nSPS) is 39.2. The number of halogens is 1. The van der Waals surface area contributed by atoms with Crippen molar-refractivity contribution >= 4 is 12.4 Å². The van der Waals surface area contributed by atoms with Gasteiger partial charge in [-0.3, -0.25) is 0 Å². The maximum absolute atomic E-state index is 5.18. The van der Waals surface area contributed by atoms with Crippen LogP contribution in [0.2, 0.25) is 0 Å². The molecule has 2 bridgehead atoms. The van der Waals surface area contributed by atoms with Crippen LogP contribution in [0.25, 0.3) is 0 Å². The van der Waals surface area contributed by atoms with Crippen LogP contribution in [-0.2, 0) is 4.74 Å². The van der Waals surface area contributed by atoms with Crippen LogP contribution in [0.15, 0.2) is 0 Å². The average molecular weight is 192 g/mol. The third-order valence-corrected chi connectivity index (χ3v) is 2.97. The lowest BCUT2D eigenvalue weighted by Gasteiger charge is -2.28. The maximum Gasteiger partial charge on any atom is 0.0491 e. The van der Waals surface area contributed by atoms with Gasteiger partial charge >= 0.3 is 0 Å². The minimum absolute atomic E-state index is 0. The van der Waals surface area contributed by atoms with Gasteiger partial charge in [-0.05, 0) is 31.6 Å². The monoisotopic (exact) mass is 191 g/mol. The number of fused-ring (bicyclic) bond motifs is 2. The van der Waals surface area contributed by atoms with Gasteiger partial charge in [0.25, 0.3) is 0 Å². The smallest absolute Gasteiger partial charge is 0.0491 e. The number of rotatable bonds is 2. The fourth-order valence-corrected chi connectivity index (χ4v) is 2.55. The van der Waals surface area contributed by atoms with Crippen LogP contribution >= 0.6 is 12.4 Å². The van der Waals surface area contributed by atoms with Crippen LogP contribution < -0.4 is 5.32 Å². The van der Waals surface area contributed by atoms with Gasteiger partial charge in [0.05, 0.1) is 0 Å². The minimum atomic E-state index is 0. The summed E-state index contributed by atoms with van der Waals surface area (Å²) in [6.45, 7) is 0.967. The Labute approximate surface area is 80.5 Å². The molecule has 0 radical (unpaired) electrons. The molecule has 0 spiro atoms. The number of hydrogen-bond acceptors (Lipinski definition) is 2. The molecule has 2 atom stereocenters. The van der Waals surface area contributed by atoms with Gasteiger partial charge < -0.3 is 10.1 Å². The number of nitrogens with one attached hydrogen (secondary N) is 1. The van der Waals surface area contributed by atoms with Gasteiger partial charge in [-0.15, -0.1) is 12.4 Å². The number of piperidine rings is 1. The molecule has 3 heteroatoms. The second-order valence-electron chi connectivity index (χ2n) is 3.93. The highest BCUT2D eigenvalue weighted by Crippen LogP contribution is 2.30. The van der Waals surface area contributed by atoms with E-state index in [4.69, 9.17) is 4.74 Å². The molecule has 2 saturated heterocycles. The summed E-state index contributed by atoms with van der Waals surface area (Å²) in [5, 5.41) is 3.62. The van der Waals surface area contributed by atoms with Crippen molar-refractivity contribution in [1.29, 1.82) is 0 Å². The lowest BCUT2D eigenvalue weighted by Crippen LogP contribution is -2.39. The molecule has 2 aliphatic rings. The summed E-state index contributed by atoms with van der Waals surface area (Å²) in [5.74, 6) is 0.832. The summed E-state index contributed by atoms with van der Waals surface area (Å²) in [6.07, 6.45) is 5.46. The molecule has 2 aliphatic heterocycles. The highest BCUT2D eigenvalue weighted by Gasteiger charge is 2.32. The van der Waals surface area contributed by atoms with Crippen LogP contribution in [0.5, 0.6) is 0 Å². The van der Waals surface area contributed by atoms with Gasteiger partial charge in [-0.25, -0.2) is 0 Å². The van der Waals surface area contributed by atoms with E-state index < -0.39 is 0 Å². The topological polar surface area (TPSA) is 21.3 Å². The van der Waals surface area contributed by atoms with E-state index in [-0.39, 0.29) is 12.4 Å². The third kappa shape index (κ3) is 2.12. The van der Waals surface area contributed by atoms with Gasteiger partial charge in [0.1, 0.15) is 0 Å². The molecule has 0 aromatic carbocycles. The Morgan fingerprint density at radius 1 is 1.25 bits per heavy atom. The molecule has 2 rings (SSSR count). The van der Waals surface area contributed by atoms with Gasteiger partial charge in [-0.1, -0.05) is 0 Å². The zero-order valence-corrected chi connectivity index (χ0v) is 8.40. The Hall–Kier alpha value is 0.210. The highest BCUT2D eigenvalue weighted by atomic mass is 35.5. The van der Waals surface area contributed by atoms with E-state index in [0.29, 0.717) is 0 Å². The van der Waals surface area contributed by atoms with Gasteiger partial charge in [0.2, 0.25) is 0 Å². The van der Waals surface area contributed by atoms with Crippen molar-refractivity contribution in [2.24, 2.45) is 5.92 Å². The first-order valence-electron chi connectivity index (χ1n) is 4.63. The number of methoxy groups -OCH3 is 1. The molecule has 0 amide bonds. The SMILES string of the molecule is COCC1CC2CCC(C1)N2.Cl. The summed E-state index contributed by atoms with van der Waals surface area (Å²) in [5.41, 5.74) is 0. The number of hydrogen-bond donors (Lipinski definition) is 1. The van der Waals surface area contributed by atoms with Gasteiger partial charge in [0.15, 0.2) is 0 Å². The van der Waals surface area contributed by atoms with Crippen molar-refractivity contribution in [1.82, 2.24) is 5.32 Å². The molecular weight excluding hydrogens is 174 g/mol. The summed E-state index contributed by atoms with van der Waals surface area (Å²) < 4.78 is 5.18. The molecule has 12 heavy (non-hydrogen) atoms. The molecule has 2 unspecified atom stereocenters. The molecule has 2 nitrogen and oxygen atoms in total. The quantitative estimate of drug-likeness (QED) is 0.716. The molecule has 0 saturated carbocycles. The Morgan fingerprint density at radius 3 is 2.33 bits per heavy atom. The van der Waals surface area contributed by atoms with Crippen molar-refractivity contribution in [3.63, 3.8) is 0 Å². The minimum Gasteiger partial charge on any atom is -0.384 e. The van der Waals surface area contributed by atoms with Crippen molar-refractivity contribution in [2.45, 2.75) is 37.8 Å². The Morgan fingerprint density at radius 2 is 1.83 bits per heavy atom. The summed E-state index contributed by atoms with van der Waals surface area (Å²) >= 11 is 0. The van der Waals surface area contributed by atoms with E-state index in [9.17, 15) is 0 Å². The van der Waals surface area contributed by atoms with Crippen LogP contribution in [0.1, 0.15) is 25.7 Å². The van der Waals surface area contributed by atoms with Crippen LogP contribution in [0.4, 0.5) is 0 Å². The van der Waals surface area contributed by atoms with E-state index in [1.807, 2.05) is 7.11 Å². The standard InChI is InChI=1S/C9H17NO.ClH/c1-11-6-7-4-8-2-3-9(5-7)10-8;/h7-10H,2-6H2,1H3;1H. The third-order valence-electron chi connectivity index (χ3n) is 2.97. The van der Waals surface area contributed by atoms with E-state index in [2.05, 4.69) is 5.32 Å². The predicted molar refractivity (Wildman–Crippen MR) is 51.8 cm³/mol. The fourth-order valence-electron chi connectivity index (χ4n) is 2.55. The second-order valence-corrected chi connectivity index (χ2v) is 3.93. The molecule has 2 fully saturated rings. The van der Waals surface area contributed by atoms with Crippen LogP contribution in [0.3, 0.4) is 0 Å². The second kappa shape index (κ2) is 4.45. The Kier molecular flexibility index (Phi) is 3.81. The highest BCUT2D eigenvalue weighted by molar-refractivity contribution is 5.85. The van der Waals surface area contributed by atoms with Crippen molar-refractivity contribution < 1.29 is 4.74 Å². The lowest BCUT2D eigenvalue weighted by atomic mass is 9.93. The summed E-state index contributed by atoms with van der Waals surface area (Å²) in [7, 11) is 1.81. The largest absolute Gasteiger partial charge is 0.384 e. The summed E-state index contributed by atoms with van der Waals surface area (Å²) in [6, 6.07) is 1.63. The maximum atomic E-state index is 5.18. The zero-order chi connectivity index (χ0) is 7.68. The Bertz CT molecular complexity index is 130. The van der Waals surface area contributed by atoms with Gasteiger partial charge in [0, 0.05) is 25.8 Å². The van der Waals surface area contributed by atoms with Crippen LogP contribution in [0, 0.1) is 5.92 Å². The fraction of sp³-hybridized carbons (Fsp3) is 1.00. The Balaban J connectivity index is 0.000000720. The molecule has 0 aromatic rings. The van der Waals surface area contributed by atoms with Crippen molar-refractivity contribution in [2.75, 3.05) is 13.7 Å². The molecule has 0 aromatic heterocycles. The predicted octanol–water partition coefficient (Wildman–Crippen LogP) is 1.59. The van der Waals surface area contributed by atoms with E-state index >= 15 is 0 Å². The number of ether oxygens (including phenoxy) is 1. The zero-order valence-electron chi connectivity index (χ0n) is 7.58. The lowest BCUT2D eigenvalue weighted by molar-refractivity contribution is 0.122. The molecular formula is C9H18ClNO. The summed E-state index contributed by atoms with van der Waals surface area (Å²) in [4.78, 5) is 0. The van der Waals surface area contributed by atoms with E-state index in [1.54, 1.807) is 0 Å².